The zero-order valence-electron chi connectivity index (χ0n) is 15.1. The van der Waals surface area contributed by atoms with Gasteiger partial charge in [0.2, 0.25) is 0 Å². The quantitative estimate of drug-likeness (QED) is 0.877. The molecule has 1 aliphatic rings. The minimum atomic E-state index is -0.441. The summed E-state index contributed by atoms with van der Waals surface area (Å²) < 4.78 is 5.90. The van der Waals surface area contributed by atoms with E-state index in [9.17, 15) is 5.11 Å². The molecule has 0 spiro atoms. The number of rotatable bonds is 5. The first-order valence-electron chi connectivity index (χ1n) is 8.53. The SMILES string of the molecule is Cc1cc(C)c(C)c(OCC(O)CN2C(C)CCCC2C)c1.Cl. The van der Waals surface area contributed by atoms with Crippen LogP contribution < -0.4 is 4.74 Å². The van der Waals surface area contributed by atoms with Crippen LogP contribution in [0, 0.1) is 20.8 Å². The minimum absolute atomic E-state index is 0. The number of aliphatic hydroxyl groups is 1. The topological polar surface area (TPSA) is 32.7 Å². The van der Waals surface area contributed by atoms with Gasteiger partial charge in [0.05, 0.1) is 0 Å². The standard InChI is InChI=1S/C19H31NO2.ClH/c1-13-9-14(2)17(5)19(10-13)22-12-18(21)11-20-15(3)7-6-8-16(20)4;/h9-10,15-16,18,21H,6-8,11-12H2,1-5H3;1H. The molecule has 2 rings (SSSR count). The summed E-state index contributed by atoms with van der Waals surface area (Å²) in [6.45, 7) is 11.8. The molecule has 132 valence electrons. The number of aliphatic hydroxyl groups excluding tert-OH is 1. The number of piperidine rings is 1. The zero-order valence-corrected chi connectivity index (χ0v) is 15.9. The van der Waals surface area contributed by atoms with Crippen molar-refractivity contribution in [3.8, 4) is 5.75 Å². The lowest BCUT2D eigenvalue weighted by Gasteiger charge is -2.40. The zero-order chi connectivity index (χ0) is 16.3. The van der Waals surface area contributed by atoms with Crippen molar-refractivity contribution in [2.24, 2.45) is 0 Å². The molecule has 0 aromatic heterocycles. The summed E-state index contributed by atoms with van der Waals surface area (Å²) in [5.41, 5.74) is 3.60. The van der Waals surface area contributed by atoms with Crippen molar-refractivity contribution >= 4 is 12.4 Å². The molecule has 3 nitrogen and oxygen atoms in total. The number of likely N-dealkylation sites (tertiary alicyclic amines) is 1. The number of ether oxygens (including phenoxy) is 1. The molecule has 0 amide bonds. The van der Waals surface area contributed by atoms with Gasteiger partial charge in [-0.1, -0.05) is 12.5 Å². The molecule has 3 atom stereocenters. The van der Waals surface area contributed by atoms with Crippen molar-refractivity contribution in [2.75, 3.05) is 13.2 Å². The Morgan fingerprint density at radius 3 is 2.39 bits per heavy atom. The van der Waals surface area contributed by atoms with Crippen LogP contribution in [-0.2, 0) is 0 Å². The molecule has 3 unspecified atom stereocenters. The maximum Gasteiger partial charge on any atom is 0.122 e. The molecule has 1 aliphatic heterocycles. The molecule has 4 heteroatoms. The Bertz CT molecular complexity index is 496. The normalized spacial score (nSPS) is 23.2. The third-order valence-electron chi connectivity index (χ3n) is 4.99. The molecule has 1 heterocycles. The van der Waals surface area contributed by atoms with Gasteiger partial charge in [-0.05, 0) is 70.2 Å². The van der Waals surface area contributed by atoms with Crippen LogP contribution >= 0.6 is 12.4 Å². The van der Waals surface area contributed by atoms with E-state index in [0.717, 1.165) is 11.3 Å². The van der Waals surface area contributed by atoms with Gasteiger partial charge < -0.3 is 9.84 Å². The highest BCUT2D eigenvalue weighted by atomic mass is 35.5. The Labute approximate surface area is 147 Å². The Kier molecular flexibility index (Phi) is 7.85. The van der Waals surface area contributed by atoms with E-state index in [2.05, 4.69) is 51.7 Å². The summed E-state index contributed by atoms with van der Waals surface area (Å²) in [6, 6.07) is 5.33. The average molecular weight is 342 g/mol. The monoisotopic (exact) mass is 341 g/mol. The van der Waals surface area contributed by atoms with Crippen LogP contribution in [0.3, 0.4) is 0 Å². The van der Waals surface area contributed by atoms with Crippen LogP contribution in [-0.4, -0.2) is 41.3 Å². The summed E-state index contributed by atoms with van der Waals surface area (Å²) in [6.07, 6.45) is 3.32. The van der Waals surface area contributed by atoms with Gasteiger partial charge in [0.15, 0.2) is 0 Å². The first-order chi connectivity index (χ1) is 10.4. The van der Waals surface area contributed by atoms with E-state index in [-0.39, 0.29) is 12.4 Å². The number of aryl methyl sites for hydroxylation is 2. The van der Waals surface area contributed by atoms with Crippen molar-refractivity contribution in [1.82, 2.24) is 4.90 Å². The van der Waals surface area contributed by atoms with E-state index >= 15 is 0 Å². The summed E-state index contributed by atoms with van der Waals surface area (Å²) in [7, 11) is 0. The average Bonchev–Trinajstić information content (AvgIpc) is 2.45. The third-order valence-corrected chi connectivity index (χ3v) is 4.99. The van der Waals surface area contributed by atoms with Crippen LogP contribution in [0.25, 0.3) is 0 Å². The van der Waals surface area contributed by atoms with Crippen molar-refractivity contribution in [2.45, 2.75) is 72.1 Å². The van der Waals surface area contributed by atoms with E-state index in [0.29, 0.717) is 25.2 Å². The summed E-state index contributed by atoms with van der Waals surface area (Å²) >= 11 is 0. The van der Waals surface area contributed by atoms with Crippen LogP contribution in [0.2, 0.25) is 0 Å². The van der Waals surface area contributed by atoms with Gasteiger partial charge in [0.1, 0.15) is 18.5 Å². The number of benzene rings is 1. The molecule has 23 heavy (non-hydrogen) atoms. The van der Waals surface area contributed by atoms with Gasteiger partial charge in [-0.2, -0.15) is 0 Å². The maximum atomic E-state index is 10.4. The number of hydrogen-bond donors (Lipinski definition) is 1. The fraction of sp³-hybridized carbons (Fsp3) is 0.684. The Balaban J connectivity index is 0.00000264. The molecule has 1 aromatic carbocycles. The van der Waals surface area contributed by atoms with Crippen molar-refractivity contribution < 1.29 is 9.84 Å². The third kappa shape index (κ3) is 5.37. The molecule has 1 saturated heterocycles. The van der Waals surface area contributed by atoms with Crippen LogP contribution in [0.1, 0.15) is 49.8 Å². The lowest BCUT2D eigenvalue weighted by atomic mass is 9.97. The van der Waals surface area contributed by atoms with E-state index in [1.807, 2.05) is 0 Å². The van der Waals surface area contributed by atoms with Gasteiger partial charge in [0.25, 0.3) is 0 Å². The largest absolute Gasteiger partial charge is 0.491 e. The van der Waals surface area contributed by atoms with Gasteiger partial charge in [-0.3, -0.25) is 4.90 Å². The Morgan fingerprint density at radius 1 is 1.17 bits per heavy atom. The van der Waals surface area contributed by atoms with Crippen molar-refractivity contribution in [3.05, 3.63) is 28.8 Å². The van der Waals surface area contributed by atoms with Gasteiger partial charge in [-0.15, -0.1) is 12.4 Å². The van der Waals surface area contributed by atoms with Crippen molar-refractivity contribution in [1.29, 1.82) is 0 Å². The molecule has 0 radical (unpaired) electrons. The van der Waals surface area contributed by atoms with Crippen LogP contribution in [0.15, 0.2) is 12.1 Å². The minimum Gasteiger partial charge on any atom is -0.491 e. The van der Waals surface area contributed by atoms with E-state index < -0.39 is 6.10 Å². The lowest BCUT2D eigenvalue weighted by molar-refractivity contribution is 0.0207. The van der Waals surface area contributed by atoms with Crippen LogP contribution in [0.4, 0.5) is 0 Å². The van der Waals surface area contributed by atoms with Gasteiger partial charge >= 0.3 is 0 Å². The number of halogens is 1. The molecular formula is C19H32ClNO2. The second-order valence-electron chi connectivity index (χ2n) is 7.00. The smallest absolute Gasteiger partial charge is 0.122 e. The van der Waals surface area contributed by atoms with E-state index in [4.69, 9.17) is 4.74 Å². The Morgan fingerprint density at radius 2 is 1.78 bits per heavy atom. The number of nitrogens with zero attached hydrogens (tertiary/aromatic N) is 1. The van der Waals surface area contributed by atoms with Crippen LogP contribution in [0.5, 0.6) is 5.75 Å². The highest BCUT2D eigenvalue weighted by molar-refractivity contribution is 5.85. The molecule has 1 N–H and O–H groups in total. The highest BCUT2D eigenvalue weighted by Crippen LogP contribution is 2.25. The van der Waals surface area contributed by atoms with Gasteiger partial charge in [0, 0.05) is 18.6 Å². The first kappa shape index (κ1) is 20.3. The summed E-state index contributed by atoms with van der Waals surface area (Å²) in [4.78, 5) is 2.42. The summed E-state index contributed by atoms with van der Waals surface area (Å²) in [5.74, 6) is 0.899. The number of hydrogen-bond acceptors (Lipinski definition) is 3. The first-order valence-corrected chi connectivity index (χ1v) is 8.53. The fourth-order valence-electron chi connectivity index (χ4n) is 3.47. The fourth-order valence-corrected chi connectivity index (χ4v) is 3.47. The molecule has 1 fully saturated rings. The number of β-amino-alcohol motifs (C(OH)–C–C–N with tert-alkyl or cyclic N) is 1. The molecule has 0 saturated carbocycles. The Hall–Kier alpha value is -0.770. The molecule has 0 aliphatic carbocycles. The van der Waals surface area contributed by atoms with Crippen molar-refractivity contribution in [3.63, 3.8) is 0 Å². The molecular weight excluding hydrogens is 310 g/mol. The predicted molar refractivity (Wildman–Crippen MR) is 98.9 cm³/mol. The van der Waals surface area contributed by atoms with E-state index in [1.54, 1.807) is 0 Å². The lowest BCUT2D eigenvalue weighted by Crippen LogP contribution is -2.48. The molecule has 0 bridgehead atoms. The highest BCUT2D eigenvalue weighted by Gasteiger charge is 2.26. The maximum absolute atomic E-state index is 10.4. The second-order valence-corrected chi connectivity index (χ2v) is 7.00. The second kappa shape index (κ2) is 8.91. The van der Waals surface area contributed by atoms with Gasteiger partial charge in [-0.25, -0.2) is 0 Å². The summed E-state index contributed by atoms with van der Waals surface area (Å²) in [5, 5.41) is 10.4. The molecule has 1 aromatic rings. The van der Waals surface area contributed by atoms with E-state index in [1.165, 1.54) is 30.4 Å². The predicted octanol–water partition coefficient (Wildman–Crippen LogP) is 4.04.